The molecule has 0 saturated heterocycles. The summed E-state index contributed by atoms with van der Waals surface area (Å²) in [5, 5.41) is 0. The summed E-state index contributed by atoms with van der Waals surface area (Å²) in [4.78, 5) is 19.6. The Kier molecular flexibility index (Phi) is 2.97. The summed E-state index contributed by atoms with van der Waals surface area (Å²) < 4.78 is 10.0. The Morgan fingerprint density at radius 2 is 2.18 bits per heavy atom. The first kappa shape index (κ1) is 11.8. The van der Waals surface area contributed by atoms with Gasteiger partial charge < -0.3 is 15.2 Å². The van der Waals surface area contributed by atoms with Crippen molar-refractivity contribution in [2.24, 2.45) is 0 Å². The van der Waals surface area contributed by atoms with Crippen LogP contribution in [0.4, 0.5) is 5.82 Å². The zero-order valence-corrected chi connectivity index (χ0v) is 9.90. The van der Waals surface area contributed by atoms with E-state index in [4.69, 9.17) is 10.5 Å². The van der Waals surface area contributed by atoms with E-state index in [2.05, 4.69) is 14.7 Å². The number of nitrogens with two attached hydrogens (primary N) is 1. The number of carbonyl (C=O) groups excluding carboxylic acids is 1. The fraction of sp³-hybridized carbons (Fsp3) is 0.545. The Morgan fingerprint density at radius 3 is 2.59 bits per heavy atom. The van der Waals surface area contributed by atoms with Crippen LogP contribution in [0.3, 0.4) is 0 Å². The minimum Gasteiger partial charge on any atom is -0.465 e. The molecule has 1 aliphatic carbocycles. The fourth-order valence-corrected chi connectivity index (χ4v) is 1.90. The third-order valence-electron chi connectivity index (χ3n) is 3.18. The van der Waals surface area contributed by atoms with E-state index in [1.165, 1.54) is 13.3 Å². The number of methoxy groups -OCH3 is 2. The molecule has 1 heterocycles. The van der Waals surface area contributed by atoms with Gasteiger partial charge in [0.25, 0.3) is 0 Å². The highest BCUT2D eigenvalue weighted by atomic mass is 16.5. The maximum atomic E-state index is 11.3. The van der Waals surface area contributed by atoms with Gasteiger partial charge in [0.1, 0.15) is 17.0 Å². The van der Waals surface area contributed by atoms with E-state index >= 15 is 0 Å². The van der Waals surface area contributed by atoms with Gasteiger partial charge in [0.15, 0.2) is 5.82 Å². The van der Waals surface area contributed by atoms with Crippen molar-refractivity contribution in [1.29, 1.82) is 0 Å². The molecule has 0 aromatic carbocycles. The topological polar surface area (TPSA) is 87.3 Å². The summed E-state index contributed by atoms with van der Waals surface area (Å²) in [6, 6.07) is 0. The smallest absolute Gasteiger partial charge is 0.343 e. The molecule has 0 spiro atoms. The maximum Gasteiger partial charge on any atom is 0.343 e. The number of hydrogen-bond donors (Lipinski definition) is 1. The van der Waals surface area contributed by atoms with Crippen molar-refractivity contribution in [3.8, 4) is 0 Å². The predicted molar refractivity (Wildman–Crippen MR) is 60.3 cm³/mol. The van der Waals surface area contributed by atoms with Crippen molar-refractivity contribution in [3.63, 3.8) is 0 Å². The molecule has 92 valence electrons. The molecule has 0 unspecified atom stereocenters. The number of carbonyl (C=O) groups is 1. The summed E-state index contributed by atoms with van der Waals surface area (Å²) >= 11 is 0. The van der Waals surface area contributed by atoms with E-state index < -0.39 is 11.6 Å². The van der Waals surface area contributed by atoms with Gasteiger partial charge in [0, 0.05) is 13.3 Å². The van der Waals surface area contributed by atoms with E-state index in [0.29, 0.717) is 5.82 Å². The second kappa shape index (κ2) is 4.29. The lowest BCUT2D eigenvalue weighted by molar-refractivity contribution is -0.0845. The number of aromatic nitrogens is 2. The number of nitrogens with zero attached hydrogens (tertiary/aromatic N) is 2. The average molecular weight is 237 g/mol. The Bertz CT molecular complexity index is 438. The molecule has 2 N–H and O–H groups in total. The van der Waals surface area contributed by atoms with Crippen LogP contribution in [-0.4, -0.2) is 30.2 Å². The van der Waals surface area contributed by atoms with E-state index in [9.17, 15) is 4.79 Å². The average Bonchev–Trinajstić information content (AvgIpc) is 2.28. The standard InChI is InChI=1S/C11H15N3O3/c1-16-9(15)7-6-13-10(14-8(7)12)11(17-2)4-3-5-11/h6H,3-5H2,1-2H3,(H2,12,13,14). The van der Waals surface area contributed by atoms with E-state index in [1.807, 2.05) is 0 Å². The Hall–Kier alpha value is -1.69. The van der Waals surface area contributed by atoms with Crippen molar-refractivity contribution < 1.29 is 14.3 Å². The van der Waals surface area contributed by atoms with Gasteiger partial charge in [-0.2, -0.15) is 0 Å². The summed E-state index contributed by atoms with van der Waals surface area (Å²) in [6.45, 7) is 0. The number of nitrogen functional groups attached to an aromatic ring is 1. The van der Waals surface area contributed by atoms with Gasteiger partial charge >= 0.3 is 5.97 Å². The van der Waals surface area contributed by atoms with Crippen molar-refractivity contribution in [2.45, 2.75) is 24.9 Å². The molecule has 1 aliphatic rings. The summed E-state index contributed by atoms with van der Waals surface area (Å²) in [7, 11) is 2.92. The van der Waals surface area contributed by atoms with Crippen LogP contribution in [0.5, 0.6) is 0 Å². The zero-order valence-electron chi connectivity index (χ0n) is 9.90. The number of hydrogen-bond acceptors (Lipinski definition) is 6. The van der Waals surface area contributed by atoms with Gasteiger partial charge in [0.05, 0.1) is 7.11 Å². The molecule has 0 amide bonds. The van der Waals surface area contributed by atoms with E-state index in [-0.39, 0.29) is 11.4 Å². The van der Waals surface area contributed by atoms with Gasteiger partial charge in [-0.25, -0.2) is 14.8 Å². The highest BCUT2D eigenvalue weighted by molar-refractivity contribution is 5.93. The summed E-state index contributed by atoms with van der Waals surface area (Å²) in [5.74, 6) is 0.135. The number of rotatable bonds is 3. The lowest BCUT2D eigenvalue weighted by Gasteiger charge is -2.38. The van der Waals surface area contributed by atoms with Gasteiger partial charge in [-0.3, -0.25) is 0 Å². The lowest BCUT2D eigenvalue weighted by Crippen LogP contribution is -2.38. The van der Waals surface area contributed by atoms with Crippen LogP contribution in [0.25, 0.3) is 0 Å². The van der Waals surface area contributed by atoms with Crippen LogP contribution in [0.15, 0.2) is 6.20 Å². The van der Waals surface area contributed by atoms with Gasteiger partial charge in [-0.05, 0) is 19.3 Å². The summed E-state index contributed by atoms with van der Waals surface area (Å²) in [5.41, 5.74) is 5.47. The molecule has 17 heavy (non-hydrogen) atoms. The van der Waals surface area contributed by atoms with Gasteiger partial charge in [-0.15, -0.1) is 0 Å². The van der Waals surface area contributed by atoms with E-state index in [1.54, 1.807) is 7.11 Å². The molecule has 0 bridgehead atoms. The van der Waals surface area contributed by atoms with E-state index in [0.717, 1.165) is 19.3 Å². The highest BCUT2D eigenvalue weighted by Crippen LogP contribution is 2.42. The lowest BCUT2D eigenvalue weighted by atomic mass is 9.79. The van der Waals surface area contributed by atoms with Crippen LogP contribution >= 0.6 is 0 Å². The first-order valence-electron chi connectivity index (χ1n) is 5.39. The molecular formula is C11H15N3O3. The van der Waals surface area contributed by atoms with Crippen LogP contribution < -0.4 is 5.73 Å². The first-order chi connectivity index (χ1) is 8.13. The minimum absolute atomic E-state index is 0.130. The number of esters is 1. The van der Waals surface area contributed by atoms with Crippen LogP contribution in [0.1, 0.15) is 35.4 Å². The molecule has 0 aliphatic heterocycles. The molecule has 0 atom stereocenters. The molecule has 1 aromatic rings. The molecular weight excluding hydrogens is 222 g/mol. The predicted octanol–water partition coefficient (Wildman–Crippen LogP) is 0.871. The quantitative estimate of drug-likeness (QED) is 0.785. The third kappa shape index (κ3) is 1.84. The second-order valence-electron chi connectivity index (χ2n) is 4.04. The molecule has 1 saturated carbocycles. The van der Waals surface area contributed by atoms with Crippen molar-refractivity contribution >= 4 is 11.8 Å². The molecule has 6 nitrogen and oxygen atoms in total. The third-order valence-corrected chi connectivity index (χ3v) is 3.18. The minimum atomic E-state index is -0.533. The van der Waals surface area contributed by atoms with Crippen molar-refractivity contribution in [1.82, 2.24) is 9.97 Å². The monoisotopic (exact) mass is 237 g/mol. The van der Waals surface area contributed by atoms with Gasteiger partial charge in [-0.1, -0.05) is 0 Å². The fourth-order valence-electron chi connectivity index (χ4n) is 1.90. The Labute approximate surface area is 99.1 Å². The van der Waals surface area contributed by atoms with Crippen LogP contribution in [0, 0.1) is 0 Å². The molecule has 0 radical (unpaired) electrons. The number of anilines is 1. The maximum absolute atomic E-state index is 11.3. The Morgan fingerprint density at radius 1 is 1.47 bits per heavy atom. The van der Waals surface area contributed by atoms with Crippen molar-refractivity contribution in [3.05, 3.63) is 17.6 Å². The molecule has 6 heteroatoms. The first-order valence-corrected chi connectivity index (χ1v) is 5.39. The molecule has 2 rings (SSSR count). The number of ether oxygens (including phenoxy) is 2. The van der Waals surface area contributed by atoms with Crippen LogP contribution in [0.2, 0.25) is 0 Å². The Balaban J connectivity index is 2.34. The van der Waals surface area contributed by atoms with Gasteiger partial charge in [0.2, 0.25) is 0 Å². The second-order valence-corrected chi connectivity index (χ2v) is 4.04. The van der Waals surface area contributed by atoms with Crippen LogP contribution in [-0.2, 0) is 15.1 Å². The largest absolute Gasteiger partial charge is 0.465 e. The molecule has 1 aromatic heterocycles. The van der Waals surface area contributed by atoms with Crippen molar-refractivity contribution in [2.75, 3.05) is 20.0 Å². The zero-order chi connectivity index (χ0) is 12.5. The summed E-state index contributed by atoms with van der Waals surface area (Å²) in [6.07, 6.45) is 4.22. The normalized spacial score (nSPS) is 17.3. The highest BCUT2D eigenvalue weighted by Gasteiger charge is 2.42. The SMILES string of the molecule is COC(=O)c1cnc(C2(OC)CCC2)nc1N. The molecule has 1 fully saturated rings.